The molecule has 0 aliphatic carbocycles. The molecule has 0 fully saturated rings. The number of anilines is 1. The van der Waals surface area contributed by atoms with Crippen molar-refractivity contribution < 1.29 is 14.0 Å². The Hall–Kier alpha value is -3.02. The molecular formula is C16H15N3O3. The molecular weight excluding hydrogens is 282 g/mol. The molecule has 0 bridgehead atoms. The normalized spacial score (nSPS) is 10.5. The molecule has 0 saturated carbocycles. The summed E-state index contributed by atoms with van der Waals surface area (Å²) in [4.78, 5) is 4.40. The van der Waals surface area contributed by atoms with Gasteiger partial charge in [-0.25, -0.2) is 0 Å². The highest BCUT2D eigenvalue weighted by atomic mass is 16.5. The van der Waals surface area contributed by atoms with Crippen molar-refractivity contribution in [2.24, 2.45) is 0 Å². The third-order valence-corrected chi connectivity index (χ3v) is 3.23. The minimum Gasteiger partial charge on any atom is -0.493 e. The molecule has 3 rings (SSSR count). The van der Waals surface area contributed by atoms with Gasteiger partial charge in [-0.15, -0.1) is 0 Å². The predicted molar refractivity (Wildman–Crippen MR) is 82.7 cm³/mol. The predicted octanol–water partition coefficient (Wildman–Crippen LogP) is 3.00. The van der Waals surface area contributed by atoms with Gasteiger partial charge in [-0.2, -0.15) is 4.98 Å². The monoisotopic (exact) mass is 297 g/mol. The summed E-state index contributed by atoms with van der Waals surface area (Å²) in [5.41, 5.74) is 7.95. The van der Waals surface area contributed by atoms with Crippen LogP contribution in [0.5, 0.6) is 11.5 Å². The van der Waals surface area contributed by atoms with Crippen LogP contribution in [-0.4, -0.2) is 24.4 Å². The minimum atomic E-state index is 0.435. The molecule has 6 heteroatoms. The smallest absolute Gasteiger partial charge is 0.258 e. The number of nitrogens with zero attached hydrogens (tertiary/aromatic N) is 2. The number of hydrogen-bond acceptors (Lipinski definition) is 6. The van der Waals surface area contributed by atoms with E-state index in [-0.39, 0.29) is 0 Å². The van der Waals surface area contributed by atoms with E-state index in [0.717, 1.165) is 11.1 Å². The van der Waals surface area contributed by atoms with Crippen LogP contribution in [0, 0.1) is 0 Å². The van der Waals surface area contributed by atoms with Gasteiger partial charge in [-0.3, -0.25) is 0 Å². The number of hydrogen-bond donors (Lipinski definition) is 1. The van der Waals surface area contributed by atoms with Gasteiger partial charge in [0.2, 0.25) is 5.82 Å². The molecule has 0 atom stereocenters. The second kappa shape index (κ2) is 5.77. The van der Waals surface area contributed by atoms with Crippen LogP contribution >= 0.6 is 0 Å². The number of rotatable bonds is 4. The fourth-order valence-corrected chi connectivity index (χ4v) is 2.06. The van der Waals surface area contributed by atoms with Crippen LogP contribution in [-0.2, 0) is 0 Å². The minimum absolute atomic E-state index is 0.435. The Bertz CT molecular complexity index is 782. The summed E-state index contributed by atoms with van der Waals surface area (Å²) in [7, 11) is 3.17. The molecule has 0 aliphatic rings. The Morgan fingerprint density at radius 3 is 2.27 bits per heavy atom. The molecule has 0 amide bonds. The lowest BCUT2D eigenvalue weighted by atomic mass is 10.2. The van der Waals surface area contributed by atoms with E-state index in [2.05, 4.69) is 10.1 Å². The van der Waals surface area contributed by atoms with E-state index < -0.39 is 0 Å². The van der Waals surface area contributed by atoms with Crippen molar-refractivity contribution >= 4 is 5.69 Å². The van der Waals surface area contributed by atoms with E-state index in [1.807, 2.05) is 18.2 Å². The van der Waals surface area contributed by atoms with Gasteiger partial charge >= 0.3 is 0 Å². The number of methoxy groups -OCH3 is 2. The van der Waals surface area contributed by atoms with Crippen LogP contribution in [0.1, 0.15) is 0 Å². The lowest BCUT2D eigenvalue weighted by Crippen LogP contribution is -1.91. The number of aromatic nitrogens is 2. The van der Waals surface area contributed by atoms with Crippen molar-refractivity contribution in [1.82, 2.24) is 10.1 Å². The Morgan fingerprint density at radius 1 is 0.909 bits per heavy atom. The van der Waals surface area contributed by atoms with Crippen LogP contribution in [0.15, 0.2) is 47.0 Å². The summed E-state index contributed by atoms with van der Waals surface area (Å²) >= 11 is 0. The molecule has 1 aromatic heterocycles. The molecule has 0 aliphatic heterocycles. The van der Waals surface area contributed by atoms with E-state index in [0.29, 0.717) is 28.9 Å². The molecule has 1 heterocycles. The van der Waals surface area contributed by atoms with E-state index in [4.69, 9.17) is 19.7 Å². The molecule has 0 spiro atoms. The molecule has 3 aromatic rings. The van der Waals surface area contributed by atoms with Crippen molar-refractivity contribution in [3.8, 4) is 34.3 Å². The summed E-state index contributed by atoms with van der Waals surface area (Å²) in [5, 5.41) is 4.00. The highest BCUT2D eigenvalue weighted by molar-refractivity contribution is 5.64. The van der Waals surface area contributed by atoms with Crippen molar-refractivity contribution in [2.75, 3.05) is 20.0 Å². The molecule has 0 radical (unpaired) electrons. The molecule has 2 N–H and O–H groups in total. The largest absolute Gasteiger partial charge is 0.493 e. The molecule has 6 nitrogen and oxygen atoms in total. The summed E-state index contributed by atoms with van der Waals surface area (Å²) in [5.74, 6) is 2.17. The van der Waals surface area contributed by atoms with Gasteiger partial charge < -0.3 is 19.7 Å². The quantitative estimate of drug-likeness (QED) is 0.745. The average Bonchev–Trinajstić information content (AvgIpc) is 3.05. The Morgan fingerprint density at radius 2 is 1.59 bits per heavy atom. The first-order valence-electron chi connectivity index (χ1n) is 6.63. The second-order valence-corrected chi connectivity index (χ2v) is 4.61. The van der Waals surface area contributed by atoms with Crippen molar-refractivity contribution in [2.45, 2.75) is 0 Å². The van der Waals surface area contributed by atoms with E-state index >= 15 is 0 Å². The lowest BCUT2D eigenvalue weighted by Gasteiger charge is -2.07. The van der Waals surface area contributed by atoms with Gasteiger partial charge in [-0.1, -0.05) is 5.16 Å². The topological polar surface area (TPSA) is 83.4 Å². The molecule has 0 unspecified atom stereocenters. The average molecular weight is 297 g/mol. The molecule has 2 aromatic carbocycles. The third kappa shape index (κ3) is 2.58. The third-order valence-electron chi connectivity index (χ3n) is 3.23. The highest BCUT2D eigenvalue weighted by Gasteiger charge is 2.13. The lowest BCUT2D eigenvalue weighted by molar-refractivity contribution is 0.355. The van der Waals surface area contributed by atoms with Gasteiger partial charge in [0.1, 0.15) is 0 Å². The number of nitrogen functional groups attached to an aromatic ring is 1. The fraction of sp³-hybridized carbons (Fsp3) is 0.125. The summed E-state index contributed by atoms with van der Waals surface area (Å²) < 4.78 is 15.8. The van der Waals surface area contributed by atoms with Crippen LogP contribution in [0.2, 0.25) is 0 Å². The maximum absolute atomic E-state index is 5.67. The molecule has 112 valence electrons. The van der Waals surface area contributed by atoms with E-state index in [1.165, 1.54) is 0 Å². The Balaban J connectivity index is 1.95. The second-order valence-electron chi connectivity index (χ2n) is 4.61. The zero-order chi connectivity index (χ0) is 15.5. The zero-order valence-electron chi connectivity index (χ0n) is 12.2. The van der Waals surface area contributed by atoms with Crippen LogP contribution in [0.25, 0.3) is 22.8 Å². The molecule has 22 heavy (non-hydrogen) atoms. The zero-order valence-corrected chi connectivity index (χ0v) is 12.2. The van der Waals surface area contributed by atoms with Gasteiger partial charge in [0.25, 0.3) is 5.89 Å². The van der Waals surface area contributed by atoms with Crippen LogP contribution < -0.4 is 15.2 Å². The van der Waals surface area contributed by atoms with Gasteiger partial charge in [-0.05, 0) is 42.5 Å². The Labute approximate surface area is 127 Å². The fourth-order valence-electron chi connectivity index (χ4n) is 2.06. The maximum Gasteiger partial charge on any atom is 0.258 e. The Kier molecular flexibility index (Phi) is 3.65. The van der Waals surface area contributed by atoms with Crippen molar-refractivity contribution in [1.29, 1.82) is 0 Å². The highest BCUT2D eigenvalue weighted by Crippen LogP contribution is 2.32. The summed E-state index contributed by atoms with van der Waals surface area (Å²) in [6, 6.07) is 12.7. The van der Waals surface area contributed by atoms with E-state index in [1.54, 1.807) is 38.5 Å². The number of ether oxygens (including phenoxy) is 2. The van der Waals surface area contributed by atoms with Gasteiger partial charge in [0.15, 0.2) is 11.5 Å². The first-order chi connectivity index (χ1) is 10.7. The first-order valence-corrected chi connectivity index (χ1v) is 6.63. The van der Waals surface area contributed by atoms with Gasteiger partial charge in [0.05, 0.1) is 14.2 Å². The maximum atomic E-state index is 5.67. The number of nitrogens with two attached hydrogens (primary N) is 1. The summed E-state index contributed by atoms with van der Waals surface area (Å²) in [6.07, 6.45) is 0. The van der Waals surface area contributed by atoms with E-state index in [9.17, 15) is 0 Å². The summed E-state index contributed by atoms with van der Waals surface area (Å²) in [6.45, 7) is 0. The van der Waals surface area contributed by atoms with Crippen molar-refractivity contribution in [3.05, 3.63) is 42.5 Å². The SMILES string of the molecule is COc1ccc(-c2noc(-c3ccc(N)cc3)n2)cc1OC. The molecule has 0 saturated heterocycles. The first kappa shape index (κ1) is 13.9. The van der Waals surface area contributed by atoms with Crippen molar-refractivity contribution in [3.63, 3.8) is 0 Å². The standard InChI is InChI=1S/C16H15N3O3/c1-20-13-8-5-11(9-14(13)21-2)15-18-16(22-19-15)10-3-6-12(17)7-4-10/h3-9H,17H2,1-2H3. The number of benzene rings is 2. The van der Waals surface area contributed by atoms with Crippen LogP contribution in [0.3, 0.4) is 0 Å². The van der Waals surface area contributed by atoms with Gasteiger partial charge in [0, 0.05) is 16.8 Å². The van der Waals surface area contributed by atoms with Crippen LogP contribution in [0.4, 0.5) is 5.69 Å².